The van der Waals surface area contributed by atoms with Crippen molar-refractivity contribution >= 4 is 21.5 Å². The Morgan fingerprint density at radius 2 is 1.17 bits per heavy atom. The molecule has 0 aliphatic carbocycles. The molecular weight excluding hydrogens is 354 g/mol. The molecule has 0 aromatic heterocycles. The molecule has 146 valence electrons. The smallest absolute Gasteiger partial charge is 0.0497 e. The van der Waals surface area contributed by atoms with Gasteiger partial charge in [0.2, 0.25) is 0 Å². The summed E-state index contributed by atoms with van der Waals surface area (Å²) < 4.78 is 0. The van der Waals surface area contributed by atoms with E-state index in [1.807, 2.05) is 6.08 Å². The number of hydrogen-bond acceptors (Lipinski definition) is 2. The first-order valence-electron chi connectivity index (χ1n) is 10.2. The predicted octanol–water partition coefficient (Wildman–Crippen LogP) is 5.27. The summed E-state index contributed by atoms with van der Waals surface area (Å²) in [5, 5.41) is 14.8. The lowest BCUT2D eigenvalue weighted by Gasteiger charge is -2.13. The lowest BCUT2D eigenvalue weighted by molar-refractivity contribution is 0.252. The third kappa shape index (κ3) is 4.92. The van der Waals surface area contributed by atoms with Gasteiger partial charge in [-0.3, -0.25) is 0 Å². The molecule has 0 bridgehead atoms. The van der Waals surface area contributed by atoms with E-state index in [4.69, 9.17) is 5.73 Å². The van der Waals surface area contributed by atoms with Gasteiger partial charge in [0, 0.05) is 18.6 Å². The van der Waals surface area contributed by atoms with Crippen LogP contribution in [0.3, 0.4) is 0 Å². The average Bonchev–Trinajstić information content (AvgIpc) is 2.76. The van der Waals surface area contributed by atoms with Crippen molar-refractivity contribution in [1.29, 1.82) is 0 Å². The second-order valence-corrected chi connectivity index (χ2v) is 7.76. The molecule has 0 amide bonds. The fourth-order valence-electron chi connectivity index (χ4n) is 3.87. The zero-order valence-electron chi connectivity index (χ0n) is 16.5. The van der Waals surface area contributed by atoms with E-state index in [1.54, 1.807) is 0 Å². The molecule has 0 spiro atoms. The van der Waals surface area contributed by atoms with Gasteiger partial charge in [-0.1, -0.05) is 97.1 Å². The third-order valence-electron chi connectivity index (χ3n) is 5.46. The molecule has 0 saturated heterocycles. The minimum atomic E-state index is -0.0678. The Labute approximate surface area is 172 Å². The maximum Gasteiger partial charge on any atom is 0.0497 e. The predicted molar refractivity (Wildman–Crippen MR) is 123 cm³/mol. The van der Waals surface area contributed by atoms with Crippen LogP contribution in [0.5, 0.6) is 0 Å². The first-order chi connectivity index (χ1) is 14.2. The molecular formula is C27H27NO. The molecule has 0 aliphatic rings. The molecule has 1 unspecified atom stereocenters. The van der Waals surface area contributed by atoms with Crippen LogP contribution in [0.2, 0.25) is 0 Å². The van der Waals surface area contributed by atoms with E-state index in [2.05, 4.69) is 91.0 Å². The van der Waals surface area contributed by atoms with Crippen LogP contribution in [-0.4, -0.2) is 17.8 Å². The fraction of sp³-hybridized carbons (Fsp3) is 0.185. The molecule has 0 saturated carbocycles. The summed E-state index contributed by atoms with van der Waals surface area (Å²) in [7, 11) is 0. The highest BCUT2D eigenvalue weighted by Gasteiger charge is 2.08. The maximum absolute atomic E-state index is 9.83. The highest BCUT2D eigenvalue weighted by molar-refractivity contribution is 5.83. The average molecular weight is 382 g/mol. The second kappa shape index (κ2) is 9.04. The van der Waals surface area contributed by atoms with Gasteiger partial charge < -0.3 is 10.8 Å². The Kier molecular flexibility index (Phi) is 6.04. The maximum atomic E-state index is 9.83. The summed E-state index contributed by atoms with van der Waals surface area (Å²) in [5.74, 6) is 0.0683. The highest BCUT2D eigenvalue weighted by Crippen LogP contribution is 2.19. The standard InChI is InChI=1S/C27H27NO/c28-27(18-21-10-13-24-6-2-4-8-26(24)17-21)14-11-22(19-29)15-20-9-12-23-5-1-3-7-25(23)16-20/h1-14,16-17,22,27,29H,15,18-19,28H2/t22?,27-/m0/s1. The molecule has 4 rings (SSSR count). The minimum Gasteiger partial charge on any atom is -0.396 e. The van der Waals surface area contributed by atoms with Gasteiger partial charge in [-0.25, -0.2) is 0 Å². The Bertz CT molecular complexity index is 1130. The Morgan fingerprint density at radius 3 is 1.72 bits per heavy atom. The number of fused-ring (bicyclic) bond motifs is 2. The third-order valence-corrected chi connectivity index (χ3v) is 5.46. The quantitative estimate of drug-likeness (QED) is 0.428. The van der Waals surface area contributed by atoms with Crippen molar-refractivity contribution in [3.8, 4) is 0 Å². The summed E-state index contributed by atoms with van der Waals surface area (Å²) in [6.07, 6.45) is 5.70. The van der Waals surface area contributed by atoms with Crippen molar-refractivity contribution in [3.05, 3.63) is 108 Å². The number of nitrogens with two attached hydrogens (primary N) is 1. The summed E-state index contributed by atoms with van der Waals surface area (Å²) in [4.78, 5) is 0. The van der Waals surface area contributed by atoms with E-state index in [9.17, 15) is 5.11 Å². The summed E-state index contributed by atoms with van der Waals surface area (Å²) in [6.45, 7) is 0.117. The number of aliphatic hydroxyl groups excluding tert-OH is 1. The van der Waals surface area contributed by atoms with Crippen molar-refractivity contribution in [1.82, 2.24) is 0 Å². The van der Waals surface area contributed by atoms with E-state index < -0.39 is 0 Å². The van der Waals surface area contributed by atoms with Gasteiger partial charge in [-0.15, -0.1) is 0 Å². The molecule has 29 heavy (non-hydrogen) atoms. The zero-order valence-corrected chi connectivity index (χ0v) is 16.5. The topological polar surface area (TPSA) is 46.2 Å². The summed E-state index contributed by atoms with van der Waals surface area (Å²) in [6, 6.07) is 29.7. The molecule has 2 nitrogen and oxygen atoms in total. The van der Waals surface area contributed by atoms with E-state index in [1.165, 1.54) is 32.7 Å². The molecule has 0 heterocycles. The van der Waals surface area contributed by atoms with E-state index in [0.717, 1.165) is 12.8 Å². The van der Waals surface area contributed by atoms with Crippen molar-refractivity contribution < 1.29 is 5.11 Å². The van der Waals surface area contributed by atoms with Crippen molar-refractivity contribution in [3.63, 3.8) is 0 Å². The van der Waals surface area contributed by atoms with Crippen molar-refractivity contribution in [2.45, 2.75) is 18.9 Å². The monoisotopic (exact) mass is 381 g/mol. The number of benzene rings is 4. The molecule has 3 N–H and O–H groups in total. The van der Waals surface area contributed by atoms with Crippen LogP contribution in [0.25, 0.3) is 21.5 Å². The lowest BCUT2D eigenvalue weighted by Crippen LogP contribution is -2.20. The van der Waals surface area contributed by atoms with Crippen molar-refractivity contribution in [2.24, 2.45) is 11.7 Å². The van der Waals surface area contributed by atoms with Crippen LogP contribution in [0.4, 0.5) is 0 Å². The van der Waals surface area contributed by atoms with Crippen LogP contribution < -0.4 is 5.73 Å². The van der Waals surface area contributed by atoms with E-state index >= 15 is 0 Å². The largest absolute Gasteiger partial charge is 0.396 e. The molecule has 2 atom stereocenters. The molecule has 2 heteroatoms. The number of hydrogen-bond donors (Lipinski definition) is 2. The molecule has 4 aromatic carbocycles. The number of rotatable bonds is 7. The summed E-state index contributed by atoms with van der Waals surface area (Å²) in [5.41, 5.74) is 8.82. The van der Waals surface area contributed by atoms with Gasteiger partial charge in [0.15, 0.2) is 0 Å². The van der Waals surface area contributed by atoms with Crippen LogP contribution in [0.1, 0.15) is 11.1 Å². The zero-order chi connectivity index (χ0) is 20.1. The fourth-order valence-corrected chi connectivity index (χ4v) is 3.87. The summed E-state index contributed by atoms with van der Waals surface area (Å²) >= 11 is 0. The Morgan fingerprint density at radius 1 is 0.655 bits per heavy atom. The van der Waals surface area contributed by atoms with Crippen LogP contribution in [-0.2, 0) is 12.8 Å². The number of aliphatic hydroxyl groups is 1. The van der Waals surface area contributed by atoms with Gasteiger partial charge in [0.05, 0.1) is 0 Å². The molecule has 0 fully saturated rings. The van der Waals surface area contributed by atoms with Gasteiger partial charge >= 0.3 is 0 Å². The van der Waals surface area contributed by atoms with Gasteiger partial charge in [-0.2, -0.15) is 0 Å². The molecule has 4 aromatic rings. The SMILES string of the molecule is N[C@@H](C=CC(CO)Cc1ccc2ccccc2c1)Cc1ccc2ccccc2c1. The Balaban J connectivity index is 1.40. The van der Waals surface area contributed by atoms with Crippen LogP contribution in [0.15, 0.2) is 97.1 Å². The Hall–Kier alpha value is -2.94. The van der Waals surface area contributed by atoms with Gasteiger partial charge in [-0.05, 0) is 45.5 Å². The molecule has 0 radical (unpaired) electrons. The van der Waals surface area contributed by atoms with E-state index in [-0.39, 0.29) is 18.6 Å². The van der Waals surface area contributed by atoms with Crippen LogP contribution >= 0.6 is 0 Å². The minimum absolute atomic E-state index is 0.0678. The lowest BCUT2D eigenvalue weighted by atomic mass is 9.96. The van der Waals surface area contributed by atoms with Crippen molar-refractivity contribution in [2.75, 3.05) is 6.61 Å². The van der Waals surface area contributed by atoms with Gasteiger partial charge in [0.25, 0.3) is 0 Å². The molecule has 0 aliphatic heterocycles. The van der Waals surface area contributed by atoms with Gasteiger partial charge in [0.1, 0.15) is 0 Å². The van der Waals surface area contributed by atoms with E-state index in [0.29, 0.717) is 0 Å². The first-order valence-corrected chi connectivity index (χ1v) is 10.2. The van der Waals surface area contributed by atoms with Crippen LogP contribution in [0, 0.1) is 5.92 Å². The highest BCUT2D eigenvalue weighted by atomic mass is 16.3. The second-order valence-electron chi connectivity index (χ2n) is 7.76. The normalized spacial score (nSPS) is 13.9. The first kappa shape index (κ1) is 19.4.